The minimum Gasteiger partial charge on any atom is -0.318 e. The number of amides is 3. The molecule has 0 unspecified atom stereocenters. The van der Waals surface area contributed by atoms with E-state index in [1.807, 2.05) is 0 Å². The van der Waals surface area contributed by atoms with Gasteiger partial charge in [0.1, 0.15) is 6.54 Å². The van der Waals surface area contributed by atoms with Gasteiger partial charge in [0.15, 0.2) is 5.78 Å². The van der Waals surface area contributed by atoms with Crippen molar-refractivity contribution >= 4 is 29.5 Å². The molecular weight excluding hydrogens is 302 g/mol. The lowest BCUT2D eigenvalue weighted by atomic mass is 10.1. The Bertz CT molecular complexity index is 708. The number of hydrogen-bond donors (Lipinski definition) is 0. The third-order valence-corrected chi connectivity index (χ3v) is 3.46. The molecule has 0 aromatic heterocycles. The fourth-order valence-electron chi connectivity index (χ4n) is 2.15. The second kappa shape index (κ2) is 6.39. The first-order valence-corrected chi connectivity index (χ1v) is 6.81. The monoisotopic (exact) mass is 317 g/mol. The average molecular weight is 317 g/mol. The minimum atomic E-state index is -0.517. The smallest absolute Gasteiger partial charge is 0.318 e. The van der Waals surface area contributed by atoms with Crippen LogP contribution in [0.4, 0.5) is 10.5 Å². The van der Waals surface area contributed by atoms with E-state index in [9.17, 15) is 24.5 Å². The Morgan fingerprint density at radius 2 is 1.91 bits per heavy atom. The lowest BCUT2D eigenvalue weighted by Crippen LogP contribution is -2.34. The highest BCUT2D eigenvalue weighted by atomic mass is 16.6. The molecule has 0 radical (unpaired) electrons. The summed E-state index contributed by atoms with van der Waals surface area (Å²) < 4.78 is 0. The zero-order chi connectivity index (χ0) is 17.1. The summed E-state index contributed by atoms with van der Waals surface area (Å²) in [6.07, 6.45) is 1.52. The zero-order valence-electron chi connectivity index (χ0n) is 12.7. The molecule has 2 rings (SSSR count). The summed E-state index contributed by atoms with van der Waals surface area (Å²) in [5.74, 6) is -0.646. The molecule has 1 fully saturated rings. The summed E-state index contributed by atoms with van der Waals surface area (Å²) in [7, 11) is 1.51. The Balaban J connectivity index is 2.24. The number of nitro groups is 1. The molecule has 0 N–H and O–H groups in total. The van der Waals surface area contributed by atoms with Gasteiger partial charge in [0.05, 0.1) is 11.5 Å². The summed E-state index contributed by atoms with van der Waals surface area (Å²) in [6, 6.07) is 5.19. The Hall–Kier alpha value is -3.03. The van der Waals surface area contributed by atoms with Crippen molar-refractivity contribution in [2.24, 2.45) is 0 Å². The second-order valence-corrected chi connectivity index (χ2v) is 5.19. The Morgan fingerprint density at radius 3 is 2.35 bits per heavy atom. The van der Waals surface area contributed by atoms with Gasteiger partial charge in [-0.25, -0.2) is 4.79 Å². The molecule has 1 aromatic carbocycles. The van der Waals surface area contributed by atoms with Gasteiger partial charge < -0.3 is 4.90 Å². The van der Waals surface area contributed by atoms with Crippen LogP contribution in [-0.2, 0) is 9.59 Å². The van der Waals surface area contributed by atoms with Gasteiger partial charge in [-0.15, -0.1) is 0 Å². The molecule has 23 heavy (non-hydrogen) atoms. The van der Waals surface area contributed by atoms with Crippen molar-refractivity contribution in [2.75, 3.05) is 20.1 Å². The largest absolute Gasteiger partial charge is 0.327 e. The third kappa shape index (κ3) is 3.60. The van der Waals surface area contributed by atoms with Gasteiger partial charge in [0.2, 0.25) is 0 Å². The molecule has 120 valence electrons. The average Bonchev–Trinajstić information content (AvgIpc) is 2.73. The molecule has 1 aromatic rings. The van der Waals surface area contributed by atoms with Crippen LogP contribution in [0.1, 0.15) is 12.5 Å². The Labute approximate surface area is 132 Å². The first kappa shape index (κ1) is 16.3. The van der Waals surface area contributed by atoms with E-state index < -0.39 is 11.0 Å². The van der Waals surface area contributed by atoms with Crippen molar-refractivity contribution in [1.29, 1.82) is 0 Å². The molecule has 0 saturated carbocycles. The number of nitrogens with zero attached hydrogens (tertiary/aromatic N) is 3. The number of carbonyl (C=O) groups is 3. The van der Waals surface area contributed by atoms with Crippen LogP contribution < -0.4 is 0 Å². The highest BCUT2D eigenvalue weighted by molar-refractivity contribution is 6.05. The van der Waals surface area contributed by atoms with Gasteiger partial charge in [-0.3, -0.25) is 24.6 Å². The van der Waals surface area contributed by atoms with Gasteiger partial charge >= 0.3 is 6.03 Å². The fraction of sp³-hybridized carbons (Fsp3) is 0.267. The molecule has 8 heteroatoms. The van der Waals surface area contributed by atoms with Gasteiger partial charge in [0.25, 0.3) is 11.6 Å². The number of benzene rings is 1. The van der Waals surface area contributed by atoms with Crippen molar-refractivity contribution in [2.45, 2.75) is 6.92 Å². The van der Waals surface area contributed by atoms with Crippen LogP contribution in [0.2, 0.25) is 0 Å². The van der Waals surface area contributed by atoms with Gasteiger partial charge in [-0.2, -0.15) is 0 Å². The molecule has 0 aliphatic carbocycles. The maximum Gasteiger partial charge on any atom is 0.327 e. The van der Waals surface area contributed by atoms with Gasteiger partial charge in [-0.05, 0) is 30.7 Å². The zero-order valence-corrected chi connectivity index (χ0v) is 12.7. The van der Waals surface area contributed by atoms with Gasteiger partial charge in [-0.1, -0.05) is 0 Å². The molecule has 1 aliphatic rings. The quantitative estimate of drug-likeness (QED) is 0.354. The van der Waals surface area contributed by atoms with Crippen LogP contribution in [0.5, 0.6) is 0 Å². The fourth-order valence-corrected chi connectivity index (χ4v) is 2.15. The van der Waals surface area contributed by atoms with Crippen LogP contribution in [0.15, 0.2) is 29.8 Å². The van der Waals surface area contributed by atoms with Crippen LogP contribution in [0.25, 0.3) is 6.08 Å². The number of urea groups is 1. The minimum absolute atomic E-state index is 0.0124. The summed E-state index contributed by atoms with van der Waals surface area (Å²) in [4.78, 5) is 47.8. The van der Waals surface area contributed by atoms with Crippen molar-refractivity contribution in [3.63, 3.8) is 0 Å². The highest BCUT2D eigenvalue weighted by Crippen LogP contribution is 2.17. The summed E-state index contributed by atoms with van der Waals surface area (Å²) in [6.45, 7) is 1.21. The van der Waals surface area contributed by atoms with E-state index in [0.717, 1.165) is 4.90 Å². The van der Waals surface area contributed by atoms with E-state index in [0.29, 0.717) is 5.56 Å². The molecular formula is C15H15N3O5. The summed E-state index contributed by atoms with van der Waals surface area (Å²) >= 11 is 0. The topological polar surface area (TPSA) is 101 Å². The van der Waals surface area contributed by atoms with E-state index in [1.165, 1.54) is 49.2 Å². The van der Waals surface area contributed by atoms with E-state index in [2.05, 4.69) is 0 Å². The van der Waals surface area contributed by atoms with Crippen molar-refractivity contribution in [3.8, 4) is 0 Å². The number of likely N-dealkylation sites (N-methyl/N-ethyl adjacent to an activating group) is 1. The Morgan fingerprint density at radius 1 is 1.30 bits per heavy atom. The molecule has 1 heterocycles. The standard InChI is InChI=1S/C15H15N3O5/c1-10(19)12(8-17-14(20)9-16(2)15(17)21)7-11-3-5-13(6-4-11)18(22)23/h3-7H,8-9H2,1-2H3/b12-7+. The molecule has 0 bridgehead atoms. The number of non-ortho nitro benzene ring substituents is 1. The van der Waals surface area contributed by atoms with E-state index >= 15 is 0 Å². The van der Waals surface area contributed by atoms with Gasteiger partial charge in [0, 0.05) is 24.8 Å². The van der Waals surface area contributed by atoms with E-state index in [4.69, 9.17) is 0 Å². The Kier molecular flexibility index (Phi) is 4.54. The number of rotatable bonds is 5. The SMILES string of the molecule is CC(=O)/C(=C/c1ccc([N+](=O)[O-])cc1)CN1C(=O)CN(C)C1=O. The maximum atomic E-state index is 11.9. The lowest BCUT2D eigenvalue weighted by molar-refractivity contribution is -0.384. The third-order valence-electron chi connectivity index (χ3n) is 3.46. The number of nitro benzene ring substituents is 1. The van der Waals surface area contributed by atoms with Crippen LogP contribution >= 0.6 is 0 Å². The van der Waals surface area contributed by atoms with E-state index in [-0.39, 0.29) is 36.0 Å². The van der Waals surface area contributed by atoms with Crippen LogP contribution in [-0.4, -0.2) is 52.6 Å². The lowest BCUT2D eigenvalue weighted by Gasteiger charge is -2.15. The molecule has 0 spiro atoms. The van der Waals surface area contributed by atoms with Crippen LogP contribution in [0.3, 0.4) is 0 Å². The molecule has 1 aliphatic heterocycles. The van der Waals surface area contributed by atoms with Crippen molar-refractivity contribution in [3.05, 3.63) is 45.5 Å². The van der Waals surface area contributed by atoms with E-state index in [1.54, 1.807) is 0 Å². The number of carbonyl (C=O) groups excluding carboxylic acids is 3. The predicted molar refractivity (Wildman–Crippen MR) is 81.5 cm³/mol. The number of Topliss-reactive ketones (excluding diaryl/α,β-unsaturated/α-hetero) is 1. The second-order valence-electron chi connectivity index (χ2n) is 5.19. The summed E-state index contributed by atoms with van der Waals surface area (Å²) in [5, 5.41) is 10.6. The molecule has 8 nitrogen and oxygen atoms in total. The number of hydrogen-bond acceptors (Lipinski definition) is 5. The van der Waals surface area contributed by atoms with Crippen molar-refractivity contribution in [1.82, 2.24) is 9.80 Å². The highest BCUT2D eigenvalue weighted by Gasteiger charge is 2.34. The van der Waals surface area contributed by atoms with Crippen molar-refractivity contribution < 1.29 is 19.3 Å². The number of imide groups is 1. The van der Waals surface area contributed by atoms with Crippen LogP contribution in [0, 0.1) is 10.1 Å². The molecule has 3 amide bonds. The molecule has 1 saturated heterocycles. The summed E-state index contributed by atoms with van der Waals surface area (Å²) in [5.41, 5.74) is 0.794. The predicted octanol–water partition coefficient (Wildman–Crippen LogP) is 1.46. The first-order chi connectivity index (χ1) is 10.8. The normalized spacial score (nSPS) is 15.3. The molecule has 0 atom stereocenters. The maximum absolute atomic E-state index is 11.9. The number of ketones is 1. The first-order valence-electron chi connectivity index (χ1n) is 6.81.